The summed E-state index contributed by atoms with van der Waals surface area (Å²) in [5, 5.41) is 9.96. The van der Waals surface area contributed by atoms with E-state index in [1.807, 2.05) is 6.07 Å². The van der Waals surface area contributed by atoms with E-state index in [-0.39, 0.29) is 5.75 Å². The molecule has 3 rings (SSSR count). The van der Waals surface area contributed by atoms with Crippen molar-refractivity contribution in [2.45, 2.75) is 12.8 Å². The first-order valence-corrected chi connectivity index (χ1v) is 7.60. The number of nitrogen functional groups attached to an aromatic ring is 1. The Kier molecular flexibility index (Phi) is 4.64. The lowest BCUT2D eigenvalue weighted by Gasteiger charge is -1.98. The molecule has 0 saturated heterocycles. The lowest BCUT2D eigenvalue weighted by atomic mass is 10.1. The molecule has 24 heavy (non-hydrogen) atoms. The van der Waals surface area contributed by atoms with Crippen molar-refractivity contribution in [1.82, 2.24) is 14.4 Å². The fourth-order valence-corrected chi connectivity index (χ4v) is 2.31. The Hall–Kier alpha value is -3.04. The summed E-state index contributed by atoms with van der Waals surface area (Å²) in [6.07, 6.45) is 5.21. The number of phenols is 1. The molecular weight excluding hydrogens is 304 g/mol. The summed E-state index contributed by atoms with van der Waals surface area (Å²) in [6.45, 7) is 0.687. The molecule has 1 aromatic carbocycles. The highest BCUT2D eigenvalue weighted by Gasteiger charge is 2.10. The number of aromatic hydroxyl groups is 1. The molecule has 2 heterocycles. The molecule has 0 aliphatic carbocycles. The number of nitrogens with two attached hydrogens (primary N) is 1. The van der Waals surface area contributed by atoms with Gasteiger partial charge in [-0.05, 0) is 18.6 Å². The lowest BCUT2D eigenvalue weighted by molar-refractivity contribution is 0.196. The van der Waals surface area contributed by atoms with Crippen LogP contribution in [0.15, 0.2) is 36.7 Å². The molecular formula is C18H18N4O2. The van der Waals surface area contributed by atoms with Gasteiger partial charge in [-0.2, -0.15) is 4.98 Å². The van der Waals surface area contributed by atoms with Gasteiger partial charge in [0.05, 0.1) is 11.3 Å². The number of phenolic OH excluding ortho intramolecular Hbond substituents is 1. The standard InChI is InChI=1S/C18H18N4O2/c1-24-10-6-2-3-7-13-11-22-12-15(20-18(22)21-17(13)19)14-8-4-5-9-16(14)23/h4-5,8-9,11-12,23H,2,6,10H2,1H3,(H2,19,20,21). The molecule has 122 valence electrons. The number of imidazole rings is 1. The average molecular weight is 322 g/mol. The number of ether oxygens (including phenoxy) is 1. The van der Waals surface area contributed by atoms with Crippen LogP contribution in [0.2, 0.25) is 0 Å². The van der Waals surface area contributed by atoms with Gasteiger partial charge in [0.25, 0.3) is 0 Å². The Morgan fingerprint density at radius 2 is 2.08 bits per heavy atom. The fraction of sp³-hybridized carbons (Fsp3) is 0.222. The number of unbranched alkanes of at least 4 members (excludes halogenated alkanes) is 1. The second kappa shape index (κ2) is 7.02. The van der Waals surface area contributed by atoms with Crippen LogP contribution in [0, 0.1) is 11.8 Å². The van der Waals surface area contributed by atoms with E-state index in [0.29, 0.717) is 35.0 Å². The Labute approximate surface area is 139 Å². The van der Waals surface area contributed by atoms with Crippen LogP contribution in [0.1, 0.15) is 18.4 Å². The number of rotatable bonds is 4. The fourth-order valence-electron chi connectivity index (χ4n) is 2.31. The van der Waals surface area contributed by atoms with Crippen molar-refractivity contribution in [3.05, 3.63) is 42.2 Å². The normalized spacial score (nSPS) is 10.5. The number of anilines is 1. The number of para-hydroxylation sites is 1. The van der Waals surface area contributed by atoms with E-state index >= 15 is 0 Å². The number of hydrogen-bond donors (Lipinski definition) is 2. The minimum atomic E-state index is 0.173. The average Bonchev–Trinajstić information content (AvgIpc) is 2.97. The Bertz CT molecular complexity index is 922. The second-order valence-corrected chi connectivity index (χ2v) is 5.29. The van der Waals surface area contributed by atoms with Gasteiger partial charge in [0.1, 0.15) is 11.6 Å². The monoisotopic (exact) mass is 322 g/mol. The summed E-state index contributed by atoms with van der Waals surface area (Å²) in [5.41, 5.74) is 7.90. The van der Waals surface area contributed by atoms with Gasteiger partial charge >= 0.3 is 0 Å². The SMILES string of the molecule is COCCCC#Cc1cn2cc(-c3ccccc3O)nc2nc1N. The van der Waals surface area contributed by atoms with E-state index in [1.54, 1.807) is 42.1 Å². The molecule has 0 unspecified atom stereocenters. The topological polar surface area (TPSA) is 85.7 Å². The molecule has 0 fully saturated rings. The Balaban J connectivity index is 1.92. The van der Waals surface area contributed by atoms with Crippen molar-refractivity contribution >= 4 is 11.6 Å². The molecule has 0 amide bonds. The number of nitrogens with zero attached hydrogens (tertiary/aromatic N) is 3. The van der Waals surface area contributed by atoms with E-state index in [0.717, 1.165) is 12.8 Å². The van der Waals surface area contributed by atoms with E-state index in [4.69, 9.17) is 10.5 Å². The van der Waals surface area contributed by atoms with Crippen molar-refractivity contribution in [2.24, 2.45) is 0 Å². The molecule has 0 saturated carbocycles. The molecule has 3 aromatic rings. The van der Waals surface area contributed by atoms with Crippen LogP contribution in [0.4, 0.5) is 5.82 Å². The van der Waals surface area contributed by atoms with Crippen molar-refractivity contribution in [3.63, 3.8) is 0 Å². The largest absolute Gasteiger partial charge is 0.507 e. The molecule has 0 radical (unpaired) electrons. The van der Waals surface area contributed by atoms with Crippen molar-refractivity contribution < 1.29 is 9.84 Å². The van der Waals surface area contributed by atoms with Gasteiger partial charge in [0, 0.05) is 38.1 Å². The molecule has 0 bridgehead atoms. The summed E-state index contributed by atoms with van der Waals surface area (Å²) in [5.74, 6) is 7.08. The third kappa shape index (κ3) is 3.31. The van der Waals surface area contributed by atoms with Crippen molar-refractivity contribution in [2.75, 3.05) is 19.5 Å². The highest BCUT2D eigenvalue weighted by atomic mass is 16.5. The van der Waals surface area contributed by atoms with Gasteiger partial charge in [0.2, 0.25) is 5.78 Å². The smallest absolute Gasteiger partial charge is 0.236 e. The molecule has 6 heteroatoms. The quantitative estimate of drug-likeness (QED) is 0.569. The third-order valence-corrected chi connectivity index (χ3v) is 3.53. The maximum absolute atomic E-state index is 9.96. The van der Waals surface area contributed by atoms with Gasteiger partial charge < -0.3 is 15.6 Å². The lowest BCUT2D eigenvalue weighted by Crippen LogP contribution is -1.99. The van der Waals surface area contributed by atoms with E-state index in [9.17, 15) is 5.11 Å². The first kappa shape index (κ1) is 15.8. The van der Waals surface area contributed by atoms with Crippen molar-refractivity contribution in [3.8, 4) is 28.8 Å². The molecule has 2 aromatic heterocycles. The highest BCUT2D eigenvalue weighted by Crippen LogP contribution is 2.28. The third-order valence-electron chi connectivity index (χ3n) is 3.53. The number of benzene rings is 1. The second-order valence-electron chi connectivity index (χ2n) is 5.29. The van der Waals surface area contributed by atoms with Gasteiger partial charge in [-0.15, -0.1) is 0 Å². The zero-order valence-electron chi connectivity index (χ0n) is 13.4. The first-order valence-electron chi connectivity index (χ1n) is 7.60. The van der Waals surface area contributed by atoms with E-state index in [2.05, 4.69) is 21.8 Å². The van der Waals surface area contributed by atoms with Crippen LogP contribution in [0.25, 0.3) is 17.0 Å². The van der Waals surface area contributed by atoms with Crippen LogP contribution < -0.4 is 5.73 Å². The first-order chi connectivity index (χ1) is 11.7. The van der Waals surface area contributed by atoms with Gasteiger partial charge in [0.15, 0.2) is 0 Å². The molecule has 0 aliphatic heterocycles. The molecule has 0 atom stereocenters. The summed E-state index contributed by atoms with van der Waals surface area (Å²) in [7, 11) is 1.67. The Morgan fingerprint density at radius 3 is 2.88 bits per heavy atom. The van der Waals surface area contributed by atoms with Crippen LogP contribution in [-0.4, -0.2) is 33.2 Å². The number of methoxy groups -OCH3 is 1. The van der Waals surface area contributed by atoms with Crippen LogP contribution >= 0.6 is 0 Å². The van der Waals surface area contributed by atoms with Crippen LogP contribution in [-0.2, 0) is 4.74 Å². The van der Waals surface area contributed by atoms with Crippen LogP contribution in [0.5, 0.6) is 5.75 Å². The minimum absolute atomic E-state index is 0.173. The maximum atomic E-state index is 9.96. The zero-order valence-corrected chi connectivity index (χ0v) is 13.4. The molecule has 3 N–H and O–H groups in total. The van der Waals surface area contributed by atoms with E-state index in [1.165, 1.54) is 0 Å². The zero-order chi connectivity index (χ0) is 16.9. The van der Waals surface area contributed by atoms with Crippen molar-refractivity contribution in [1.29, 1.82) is 0 Å². The van der Waals surface area contributed by atoms with Crippen LogP contribution in [0.3, 0.4) is 0 Å². The summed E-state index contributed by atoms with van der Waals surface area (Å²) in [6, 6.07) is 7.04. The van der Waals surface area contributed by atoms with Gasteiger partial charge in [-0.25, -0.2) is 4.98 Å². The summed E-state index contributed by atoms with van der Waals surface area (Å²) >= 11 is 0. The molecule has 0 aliphatic rings. The molecule has 6 nitrogen and oxygen atoms in total. The Morgan fingerprint density at radius 1 is 1.25 bits per heavy atom. The minimum Gasteiger partial charge on any atom is -0.507 e. The predicted molar refractivity (Wildman–Crippen MR) is 92.5 cm³/mol. The van der Waals surface area contributed by atoms with Gasteiger partial charge in [-0.3, -0.25) is 4.40 Å². The number of fused-ring (bicyclic) bond motifs is 1. The summed E-state index contributed by atoms with van der Waals surface area (Å²) in [4.78, 5) is 8.70. The number of hydrogen-bond acceptors (Lipinski definition) is 5. The highest BCUT2D eigenvalue weighted by molar-refractivity contribution is 5.68. The number of aromatic nitrogens is 3. The van der Waals surface area contributed by atoms with Gasteiger partial charge in [-0.1, -0.05) is 24.0 Å². The molecule has 0 spiro atoms. The van der Waals surface area contributed by atoms with E-state index < -0.39 is 0 Å². The predicted octanol–water partition coefficient (Wildman–Crippen LogP) is 2.46. The summed E-state index contributed by atoms with van der Waals surface area (Å²) < 4.78 is 6.75. The maximum Gasteiger partial charge on any atom is 0.236 e.